The number of nitrogens with two attached hydrogens (primary N) is 1. The molecule has 0 aliphatic carbocycles. The molecule has 2 aromatic carbocycles. The van der Waals surface area contributed by atoms with Crippen molar-refractivity contribution in [3.63, 3.8) is 0 Å². The molecule has 184 valence electrons. The number of nitrogen functional groups attached to an aromatic ring is 1. The Balaban J connectivity index is 0.00000342. The summed E-state index contributed by atoms with van der Waals surface area (Å²) in [4.78, 5) is 21.5. The Bertz CT molecular complexity index is 1350. The van der Waals surface area contributed by atoms with E-state index in [1.807, 2.05) is 35.9 Å². The van der Waals surface area contributed by atoms with Crippen molar-refractivity contribution < 1.29 is 9.53 Å². The van der Waals surface area contributed by atoms with E-state index in [4.69, 9.17) is 20.9 Å². The molecule has 8 nitrogen and oxygen atoms in total. The van der Waals surface area contributed by atoms with Crippen LogP contribution < -0.4 is 5.73 Å². The summed E-state index contributed by atoms with van der Waals surface area (Å²) >= 11 is 0. The number of carbonyl (C=O) groups is 1. The molecule has 0 amide bonds. The number of ether oxygens (including phenoxy) is 1. The molecular formula is C26H31ClN6O2. The van der Waals surface area contributed by atoms with Gasteiger partial charge in [0.15, 0.2) is 0 Å². The van der Waals surface area contributed by atoms with Crippen LogP contribution in [0.15, 0.2) is 48.8 Å². The lowest BCUT2D eigenvalue weighted by molar-refractivity contribution is -0.141. The van der Waals surface area contributed by atoms with Gasteiger partial charge in [0, 0.05) is 24.6 Å². The van der Waals surface area contributed by atoms with Crippen LogP contribution in [0.3, 0.4) is 0 Å². The second-order valence-electron chi connectivity index (χ2n) is 8.92. The molecule has 4 aromatic rings. The van der Waals surface area contributed by atoms with E-state index in [1.165, 1.54) is 7.11 Å². The zero-order valence-corrected chi connectivity index (χ0v) is 21.2. The van der Waals surface area contributed by atoms with E-state index in [1.54, 1.807) is 6.33 Å². The molecule has 2 heterocycles. The molecule has 0 bridgehead atoms. The molecule has 0 spiro atoms. The van der Waals surface area contributed by atoms with Crippen molar-refractivity contribution in [2.45, 2.75) is 33.2 Å². The van der Waals surface area contributed by atoms with Gasteiger partial charge in [0.2, 0.25) is 0 Å². The summed E-state index contributed by atoms with van der Waals surface area (Å²) in [5, 5.41) is 7.56. The predicted octanol–water partition coefficient (Wildman–Crippen LogP) is 4.10. The molecule has 0 fully saturated rings. The number of methoxy groups -OCH3 is 1. The Morgan fingerprint density at radius 3 is 2.51 bits per heavy atom. The normalized spacial score (nSPS) is 11.0. The minimum absolute atomic E-state index is 0. The summed E-state index contributed by atoms with van der Waals surface area (Å²) in [6.07, 6.45) is 3.19. The summed E-state index contributed by atoms with van der Waals surface area (Å²) in [7, 11) is 3.41. The van der Waals surface area contributed by atoms with E-state index in [0.717, 1.165) is 45.8 Å². The van der Waals surface area contributed by atoms with Gasteiger partial charge in [0.25, 0.3) is 0 Å². The third kappa shape index (κ3) is 5.54. The molecule has 35 heavy (non-hydrogen) atoms. The molecule has 0 aliphatic rings. The molecule has 3 N–H and O–H groups in total. The first kappa shape index (κ1) is 26.0. The Kier molecular flexibility index (Phi) is 7.96. The second-order valence-corrected chi connectivity index (χ2v) is 8.92. The molecule has 0 radical (unpaired) electrons. The van der Waals surface area contributed by atoms with Crippen LogP contribution in [0.5, 0.6) is 0 Å². The van der Waals surface area contributed by atoms with E-state index >= 15 is 0 Å². The van der Waals surface area contributed by atoms with Gasteiger partial charge in [-0.25, -0.2) is 9.97 Å². The lowest BCUT2D eigenvalue weighted by atomic mass is 10.0. The van der Waals surface area contributed by atoms with Gasteiger partial charge >= 0.3 is 5.97 Å². The fraction of sp³-hybridized carbons (Fsp3) is 0.308. The smallest absolute Gasteiger partial charge is 0.325 e. The number of nitrogens with one attached hydrogen (secondary N) is 1. The van der Waals surface area contributed by atoms with Gasteiger partial charge in [0.1, 0.15) is 18.2 Å². The number of aromatic nitrogens is 4. The Hall–Kier alpha value is -3.65. The monoisotopic (exact) mass is 494 g/mol. The maximum atomic E-state index is 12.0. The highest BCUT2D eigenvalue weighted by Gasteiger charge is 2.18. The van der Waals surface area contributed by atoms with Crippen molar-refractivity contribution in [1.29, 1.82) is 5.41 Å². The molecule has 0 saturated heterocycles. The van der Waals surface area contributed by atoms with Gasteiger partial charge < -0.3 is 19.6 Å². The standard InChI is InChI=1S/C26H30N6O2.ClH/c1-16(2)11-21-25(32(15-29-21)14-24(33)34-4)19-9-10-22-20(13-19)30-23(31(22)3)12-17-5-7-18(8-6-17)26(27)28;/h5-10,13,15-16H,11-12,14H2,1-4H3,(H3,27,28);1H. The summed E-state index contributed by atoms with van der Waals surface area (Å²) in [6.45, 7) is 4.42. The van der Waals surface area contributed by atoms with Gasteiger partial charge in [0.05, 0.1) is 35.9 Å². The van der Waals surface area contributed by atoms with Gasteiger partial charge in [-0.05, 0) is 30.0 Å². The highest BCUT2D eigenvalue weighted by Crippen LogP contribution is 2.29. The predicted molar refractivity (Wildman–Crippen MR) is 140 cm³/mol. The number of hydrogen-bond donors (Lipinski definition) is 2. The van der Waals surface area contributed by atoms with Crippen molar-refractivity contribution >= 4 is 35.2 Å². The summed E-state index contributed by atoms with van der Waals surface area (Å²) in [5.41, 5.74) is 12.1. The van der Waals surface area contributed by atoms with Crippen LogP contribution in [0.25, 0.3) is 22.3 Å². The highest BCUT2D eigenvalue weighted by molar-refractivity contribution is 5.94. The topological polar surface area (TPSA) is 112 Å². The van der Waals surface area contributed by atoms with Crippen molar-refractivity contribution in [3.8, 4) is 11.3 Å². The summed E-state index contributed by atoms with van der Waals surface area (Å²) in [6, 6.07) is 13.9. The van der Waals surface area contributed by atoms with E-state index in [0.29, 0.717) is 17.9 Å². The first-order chi connectivity index (χ1) is 16.3. The van der Waals surface area contributed by atoms with Crippen LogP contribution in [0, 0.1) is 11.3 Å². The van der Waals surface area contributed by atoms with E-state index in [2.05, 4.69) is 41.6 Å². The van der Waals surface area contributed by atoms with Crippen LogP contribution in [0.1, 0.15) is 36.5 Å². The van der Waals surface area contributed by atoms with E-state index < -0.39 is 0 Å². The zero-order valence-electron chi connectivity index (χ0n) is 20.4. The third-order valence-corrected chi connectivity index (χ3v) is 5.92. The average molecular weight is 495 g/mol. The fourth-order valence-corrected chi connectivity index (χ4v) is 4.16. The van der Waals surface area contributed by atoms with Crippen molar-refractivity contribution in [1.82, 2.24) is 19.1 Å². The number of benzene rings is 2. The van der Waals surface area contributed by atoms with E-state index in [9.17, 15) is 4.79 Å². The molecule has 0 unspecified atom stereocenters. The van der Waals surface area contributed by atoms with Crippen LogP contribution >= 0.6 is 12.4 Å². The number of fused-ring (bicyclic) bond motifs is 1. The zero-order chi connectivity index (χ0) is 24.4. The Labute approximate surface area is 211 Å². The number of hydrogen-bond acceptors (Lipinski definition) is 5. The summed E-state index contributed by atoms with van der Waals surface area (Å²) < 4.78 is 8.83. The van der Waals surface area contributed by atoms with E-state index in [-0.39, 0.29) is 30.8 Å². The van der Waals surface area contributed by atoms with Gasteiger partial charge in [-0.2, -0.15) is 0 Å². The lowest BCUT2D eigenvalue weighted by Gasteiger charge is -2.11. The molecular weight excluding hydrogens is 464 g/mol. The first-order valence-electron chi connectivity index (χ1n) is 11.3. The van der Waals surface area contributed by atoms with Gasteiger partial charge in [-0.1, -0.05) is 44.2 Å². The number of imidazole rings is 2. The lowest BCUT2D eigenvalue weighted by Crippen LogP contribution is -2.12. The minimum Gasteiger partial charge on any atom is -0.468 e. The number of aryl methyl sites for hydroxylation is 1. The number of nitrogens with zero attached hydrogens (tertiary/aromatic N) is 4. The Morgan fingerprint density at radius 2 is 1.89 bits per heavy atom. The van der Waals surface area contributed by atoms with Crippen LogP contribution in [-0.4, -0.2) is 38.0 Å². The number of esters is 1. The molecule has 9 heteroatoms. The number of amidine groups is 1. The van der Waals surface area contributed by atoms with Crippen molar-refractivity contribution in [2.75, 3.05) is 7.11 Å². The number of rotatable bonds is 8. The fourth-order valence-electron chi connectivity index (χ4n) is 4.16. The summed E-state index contributed by atoms with van der Waals surface area (Å²) in [5.74, 6) is 1.12. The molecule has 2 aromatic heterocycles. The van der Waals surface area contributed by atoms with Crippen LogP contribution in [-0.2, 0) is 36.0 Å². The molecule has 0 saturated carbocycles. The highest BCUT2D eigenvalue weighted by atomic mass is 35.5. The van der Waals surface area contributed by atoms with Crippen molar-refractivity contribution in [2.24, 2.45) is 18.7 Å². The maximum absolute atomic E-state index is 12.0. The van der Waals surface area contributed by atoms with Gasteiger partial charge in [-0.15, -0.1) is 12.4 Å². The molecule has 4 rings (SSSR count). The third-order valence-electron chi connectivity index (χ3n) is 5.92. The largest absolute Gasteiger partial charge is 0.468 e. The average Bonchev–Trinajstić information content (AvgIpc) is 3.33. The first-order valence-corrected chi connectivity index (χ1v) is 11.3. The minimum atomic E-state index is -0.313. The van der Waals surface area contributed by atoms with Crippen LogP contribution in [0.4, 0.5) is 0 Å². The molecule has 0 atom stereocenters. The van der Waals surface area contributed by atoms with Crippen LogP contribution in [0.2, 0.25) is 0 Å². The second kappa shape index (κ2) is 10.7. The maximum Gasteiger partial charge on any atom is 0.325 e. The number of carbonyl (C=O) groups excluding carboxylic acids is 1. The SMILES string of the molecule is COC(=O)Cn1cnc(CC(C)C)c1-c1ccc2c(c1)nc(Cc1ccc(C(=N)N)cc1)n2C.Cl. The molecule has 0 aliphatic heterocycles. The Morgan fingerprint density at radius 1 is 1.17 bits per heavy atom. The van der Waals surface area contributed by atoms with Gasteiger partial charge in [-0.3, -0.25) is 10.2 Å². The number of halogens is 1. The van der Waals surface area contributed by atoms with Crippen molar-refractivity contribution in [3.05, 3.63) is 71.4 Å². The quantitative estimate of drug-likeness (QED) is 0.217.